The summed E-state index contributed by atoms with van der Waals surface area (Å²) in [7, 11) is 1.97. The molecule has 1 amide bonds. The van der Waals surface area contributed by atoms with Crippen LogP contribution in [0.3, 0.4) is 0 Å². The number of benzene rings is 2. The molecule has 3 aromatic rings. The molecule has 0 fully saturated rings. The van der Waals surface area contributed by atoms with Gasteiger partial charge in [-0.25, -0.2) is 0 Å². The molecule has 1 aliphatic rings. The summed E-state index contributed by atoms with van der Waals surface area (Å²) >= 11 is 0. The second-order valence-corrected chi connectivity index (χ2v) is 7.26. The number of nitrogens with zero attached hydrogens (tertiary/aromatic N) is 3. The van der Waals surface area contributed by atoms with Gasteiger partial charge >= 0.3 is 0 Å². The van der Waals surface area contributed by atoms with Gasteiger partial charge in [0.25, 0.3) is 5.91 Å². The summed E-state index contributed by atoms with van der Waals surface area (Å²) in [5, 5.41) is 4.67. The van der Waals surface area contributed by atoms with Crippen LogP contribution in [0.4, 0.5) is 0 Å². The van der Waals surface area contributed by atoms with Crippen LogP contribution >= 0.6 is 0 Å². The normalized spacial score (nSPS) is 13.4. The van der Waals surface area contributed by atoms with Crippen molar-refractivity contribution in [3.63, 3.8) is 0 Å². The van der Waals surface area contributed by atoms with E-state index < -0.39 is 0 Å². The largest absolute Gasteiger partial charge is 0.370 e. The Morgan fingerprint density at radius 2 is 1.82 bits per heavy atom. The van der Waals surface area contributed by atoms with E-state index in [0.29, 0.717) is 26.3 Å². The smallest absolute Gasteiger partial charge is 0.254 e. The summed E-state index contributed by atoms with van der Waals surface area (Å²) < 4.78 is 7.90. The highest BCUT2D eigenvalue weighted by molar-refractivity contribution is 5.94. The lowest BCUT2D eigenvalue weighted by molar-refractivity contribution is 0.0728. The molecule has 5 heteroatoms. The van der Waals surface area contributed by atoms with Crippen molar-refractivity contribution in [3.8, 4) is 0 Å². The Morgan fingerprint density at radius 3 is 2.61 bits per heavy atom. The van der Waals surface area contributed by atoms with Crippen molar-refractivity contribution >= 4 is 5.91 Å². The third-order valence-corrected chi connectivity index (χ3v) is 5.39. The summed E-state index contributed by atoms with van der Waals surface area (Å²) in [6, 6.07) is 17.7. The van der Waals surface area contributed by atoms with Crippen molar-refractivity contribution in [3.05, 3.63) is 88.2 Å². The second kappa shape index (κ2) is 7.98. The summed E-state index contributed by atoms with van der Waals surface area (Å²) in [4.78, 5) is 14.7. The van der Waals surface area contributed by atoms with Crippen molar-refractivity contribution in [1.82, 2.24) is 14.7 Å². The molecular formula is C23H25N3O2. The van der Waals surface area contributed by atoms with E-state index in [1.165, 1.54) is 16.8 Å². The highest BCUT2D eigenvalue weighted by Gasteiger charge is 2.27. The van der Waals surface area contributed by atoms with Gasteiger partial charge in [0.1, 0.15) is 0 Å². The molecule has 0 radical (unpaired) electrons. The maximum Gasteiger partial charge on any atom is 0.254 e. The molecule has 2 aromatic carbocycles. The minimum Gasteiger partial charge on any atom is -0.370 e. The third kappa shape index (κ3) is 3.71. The Kier molecular flexibility index (Phi) is 5.26. The van der Waals surface area contributed by atoms with E-state index >= 15 is 0 Å². The van der Waals surface area contributed by atoms with Gasteiger partial charge in [-0.1, -0.05) is 42.5 Å². The van der Waals surface area contributed by atoms with Gasteiger partial charge in [0.2, 0.25) is 0 Å². The first kappa shape index (κ1) is 18.4. The van der Waals surface area contributed by atoms with Crippen molar-refractivity contribution in [2.45, 2.75) is 33.1 Å². The first-order chi connectivity index (χ1) is 13.6. The molecule has 1 aliphatic heterocycles. The number of carbonyl (C=O) groups is 1. The molecule has 1 aromatic heterocycles. The van der Waals surface area contributed by atoms with Crippen LogP contribution in [-0.2, 0) is 38.0 Å². The highest BCUT2D eigenvalue weighted by Crippen LogP contribution is 2.24. The van der Waals surface area contributed by atoms with Crippen molar-refractivity contribution in [2.24, 2.45) is 7.05 Å². The Morgan fingerprint density at radius 1 is 1.07 bits per heavy atom. The molecular weight excluding hydrogens is 350 g/mol. The van der Waals surface area contributed by atoms with Crippen LogP contribution in [0.2, 0.25) is 0 Å². The van der Waals surface area contributed by atoms with E-state index in [0.717, 1.165) is 23.2 Å². The minimum absolute atomic E-state index is 0.0712. The fraction of sp³-hybridized carbons (Fsp3) is 0.304. The topological polar surface area (TPSA) is 47.4 Å². The van der Waals surface area contributed by atoms with Crippen LogP contribution in [0, 0.1) is 6.92 Å². The van der Waals surface area contributed by atoms with E-state index in [1.54, 1.807) is 0 Å². The molecule has 4 rings (SSSR count). The average molecular weight is 375 g/mol. The van der Waals surface area contributed by atoms with Crippen LogP contribution in [0.1, 0.15) is 38.4 Å². The molecule has 5 nitrogen and oxygen atoms in total. The Balaban J connectivity index is 1.47. The van der Waals surface area contributed by atoms with Gasteiger partial charge in [-0.15, -0.1) is 0 Å². The van der Waals surface area contributed by atoms with Gasteiger partial charge in [-0.3, -0.25) is 9.48 Å². The number of hydrogen-bond acceptors (Lipinski definition) is 3. The minimum atomic E-state index is 0.0712. The number of rotatable bonds is 5. The summed E-state index contributed by atoms with van der Waals surface area (Å²) in [5.41, 5.74) is 6.40. The highest BCUT2D eigenvalue weighted by atomic mass is 16.5. The van der Waals surface area contributed by atoms with Gasteiger partial charge in [0.05, 0.1) is 18.9 Å². The number of ether oxygens (including phenoxy) is 1. The second-order valence-electron chi connectivity index (χ2n) is 7.26. The summed E-state index contributed by atoms with van der Waals surface area (Å²) in [5.74, 6) is 0.0712. The fourth-order valence-electron chi connectivity index (χ4n) is 3.75. The zero-order chi connectivity index (χ0) is 19.5. The van der Waals surface area contributed by atoms with Gasteiger partial charge < -0.3 is 9.64 Å². The predicted octanol–water partition coefficient (Wildman–Crippen LogP) is 3.64. The zero-order valence-corrected chi connectivity index (χ0v) is 16.4. The molecule has 0 aliphatic carbocycles. The summed E-state index contributed by atoms with van der Waals surface area (Å²) in [6.45, 7) is 4.40. The van der Waals surface area contributed by atoms with Crippen LogP contribution < -0.4 is 0 Å². The Hall–Kier alpha value is -2.92. The van der Waals surface area contributed by atoms with Crippen LogP contribution in [0.25, 0.3) is 0 Å². The van der Waals surface area contributed by atoms with Crippen LogP contribution in [0.15, 0.2) is 54.6 Å². The molecule has 0 saturated carbocycles. The molecule has 0 N–H and O–H groups in total. The third-order valence-electron chi connectivity index (χ3n) is 5.39. The van der Waals surface area contributed by atoms with Crippen LogP contribution in [-0.4, -0.2) is 27.1 Å². The lowest BCUT2D eigenvalue weighted by atomic mass is 10.0. The van der Waals surface area contributed by atoms with E-state index in [1.807, 2.05) is 59.1 Å². The van der Waals surface area contributed by atoms with Gasteiger partial charge in [-0.05, 0) is 30.2 Å². The molecule has 0 spiro atoms. The SMILES string of the molecule is Cc1ccccc1COCc1nn(C)c2c1CN(C(=O)c1ccccc1)CC2. The zero-order valence-electron chi connectivity index (χ0n) is 16.4. The van der Waals surface area contributed by atoms with E-state index in [4.69, 9.17) is 4.74 Å². The molecule has 0 saturated heterocycles. The van der Waals surface area contributed by atoms with Crippen molar-refractivity contribution in [1.29, 1.82) is 0 Å². The fourth-order valence-corrected chi connectivity index (χ4v) is 3.75. The number of hydrogen-bond donors (Lipinski definition) is 0. The number of fused-ring (bicyclic) bond motifs is 1. The maximum atomic E-state index is 12.8. The molecule has 0 atom stereocenters. The lowest BCUT2D eigenvalue weighted by Crippen LogP contribution is -2.36. The van der Waals surface area contributed by atoms with Gasteiger partial charge in [0.15, 0.2) is 0 Å². The Bertz CT molecular complexity index is 979. The average Bonchev–Trinajstić information content (AvgIpc) is 3.04. The Labute approximate surface area is 165 Å². The van der Waals surface area contributed by atoms with Gasteiger partial charge in [-0.2, -0.15) is 5.10 Å². The van der Waals surface area contributed by atoms with Gasteiger partial charge in [0, 0.05) is 43.4 Å². The first-order valence-corrected chi connectivity index (χ1v) is 9.63. The quantitative estimate of drug-likeness (QED) is 0.684. The van der Waals surface area contributed by atoms with Crippen molar-refractivity contribution in [2.75, 3.05) is 6.54 Å². The number of carbonyl (C=O) groups excluding carboxylic acids is 1. The number of aromatic nitrogens is 2. The molecule has 28 heavy (non-hydrogen) atoms. The maximum absolute atomic E-state index is 12.8. The first-order valence-electron chi connectivity index (χ1n) is 9.63. The van der Waals surface area contributed by atoms with E-state index in [9.17, 15) is 4.79 Å². The molecule has 2 heterocycles. The van der Waals surface area contributed by atoms with Crippen LogP contribution in [0.5, 0.6) is 0 Å². The predicted molar refractivity (Wildman–Crippen MR) is 108 cm³/mol. The standard InChI is InChI=1S/C23H25N3O2/c1-17-8-6-7-11-19(17)15-28-16-21-20-14-26(13-12-22(20)25(2)24-21)23(27)18-9-4-3-5-10-18/h3-11H,12-16H2,1-2H3. The monoisotopic (exact) mass is 375 g/mol. The van der Waals surface area contributed by atoms with Crippen molar-refractivity contribution < 1.29 is 9.53 Å². The lowest BCUT2D eigenvalue weighted by Gasteiger charge is -2.28. The van der Waals surface area contributed by atoms with E-state index in [2.05, 4.69) is 24.2 Å². The molecule has 144 valence electrons. The van der Waals surface area contributed by atoms with E-state index in [-0.39, 0.29) is 5.91 Å². The molecule has 0 bridgehead atoms. The number of aryl methyl sites for hydroxylation is 2. The molecule has 0 unspecified atom stereocenters. The number of amides is 1. The summed E-state index contributed by atoms with van der Waals surface area (Å²) in [6.07, 6.45) is 0.815.